The summed E-state index contributed by atoms with van der Waals surface area (Å²) in [4.78, 5) is 27.9. The molecule has 0 spiro atoms. The number of hydrogen-bond acceptors (Lipinski definition) is 5. The van der Waals surface area contributed by atoms with E-state index in [2.05, 4.69) is 10.3 Å². The van der Waals surface area contributed by atoms with E-state index in [0.717, 1.165) is 5.56 Å². The van der Waals surface area contributed by atoms with Crippen LogP contribution in [-0.4, -0.2) is 16.7 Å². The zero-order valence-electron chi connectivity index (χ0n) is 14.3. The first kappa shape index (κ1) is 18.0. The van der Waals surface area contributed by atoms with E-state index in [0.29, 0.717) is 34.3 Å². The van der Waals surface area contributed by atoms with Crippen molar-refractivity contribution >= 4 is 28.2 Å². The smallest absolute Gasteiger partial charge is 0.226 e. The van der Waals surface area contributed by atoms with Crippen LogP contribution in [0.25, 0.3) is 11.3 Å². The second-order valence-electron chi connectivity index (χ2n) is 5.83. The number of aryl methyl sites for hydroxylation is 2. The largest absolute Gasteiger partial charge is 0.466 e. The number of Topliss-reactive ketones (excluding diaryl/α,β-unsaturated/α-hetero) is 1. The van der Waals surface area contributed by atoms with Crippen LogP contribution < -0.4 is 5.32 Å². The van der Waals surface area contributed by atoms with Gasteiger partial charge >= 0.3 is 0 Å². The van der Waals surface area contributed by atoms with Gasteiger partial charge in [0.1, 0.15) is 17.3 Å². The van der Waals surface area contributed by atoms with E-state index in [1.54, 1.807) is 30.5 Å². The van der Waals surface area contributed by atoms with Gasteiger partial charge in [0, 0.05) is 23.8 Å². The van der Waals surface area contributed by atoms with Crippen molar-refractivity contribution in [2.45, 2.75) is 26.7 Å². The first-order valence-corrected chi connectivity index (χ1v) is 8.92. The fourth-order valence-electron chi connectivity index (χ4n) is 2.52. The average molecular weight is 372 g/mol. The van der Waals surface area contributed by atoms with Gasteiger partial charge in [-0.05, 0) is 44.2 Å². The van der Waals surface area contributed by atoms with Crippen LogP contribution in [0.4, 0.5) is 9.52 Å². The molecule has 0 atom stereocenters. The summed E-state index contributed by atoms with van der Waals surface area (Å²) >= 11 is 1.30. The number of nitrogens with one attached hydrogen (secondary N) is 1. The highest BCUT2D eigenvalue weighted by atomic mass is 32.1. The van der Waals surface area contributed by atoms with Crippen molar-refractivity contribution in [3.8, 4) is 11.3 Å². The SMILES string of the molecule is CC(=O)c1cc(CCC(=O)Nc2nc(-c3ccc(F)cc3)cs2)oc1C. The molecule has 3 aromatic rings. The van der Waals surface area contributed by atoms with Gasteiger partial charge in [-0.25, -0.2) is 9.37 Å². The van der Waals surface area contributed by atoms with Crippen LogP contribution in [0.5, 0.6) is 0 Å². The molecule has 2 heterocycles. The minimum absolute atomic E-state index is 0.0574. The quantitative estimate of drug-likeness (QED) is 0.641. The maximum atomic E-state index is 13.0. The predicted molar refractivity (Wildman–Crippen MR) is 97.9 cm³/mol. The lowest BCUT2D eigenvalue weighted by atomic mass is 10.1. The van der Waals surface area contributed by atoms with Gasteiger partial charge in [-0.2, -0.15) is 0 Å². The molecular weight excluding hydrogens is 355 g/mol. The molecule has 5 nitrogen and oxygen atoms in total. The molecule has 134 valence electrons. The molecular formula is C19H17FN2O3S. The Bertz CT molecular complexity index is 944. The van der Waals surface area contributed by atoms with Crippen molar-refractivity contribution < 1.29 is 18.4 Å². The van der Waals surface area contributed by atoms with E-state index in [4.69, 9.17) is 4.42 Å². The van der Waals surface area contributed by atoms with Gasteiger partial charge in [0.2, 0.25) is 5.91 Å². The van der Waals surface area contributed by atoms with Gasteiger partial charge in [-0.15, -0.1) is 11.3 Å². The van der Waals surface area contributed by atoms with Crippen LogP contribution >= 0.6 is 11.3 Å². The third-order valence-corrected chi connectivity index (χ3v) is 4.59. The van der Waals surface area contributed by atoms with Gasteiger partial charge in [0.25, 0.3) is 0 Å². The van der Waals surface area contributed by atoms with Crippen LogP contribution in [0.2, 0.25) is 0 Å². The van der Waals surface area contributed by atoms with E-state index in [1.807, 2.05) is 0 Å². The minimum atomic E-state index is -0.307. The first-order valence-electron chi connectivity index (χ1n) is 8.04. The number of halogens is 1. The molecule has 0 aliphatic carbocycles. The molecule has 1 amide bonds. The Kier molecular flexibility index (Phi) is 5.27. The molecule has 0 saturated carbocycles. The zero-order chi connectivity index (χ0) is 18.7. The number of carbonyl (C=O) groups is 2. The molecule has 0 fully saturated rings. The van der Waals surface area contributed by atoms with E-state index in [-0.39, 0.29) is 23.9 Å². The Morgan fingerprint density at radius 2 is 2.00 bits per heavy atom. The Labute approximate surface area is 153 Å². The summed E-state index contributed by atoms with van der Waals surface area (Å²) in [6, 6.07) is 7.70. The molecule has 0 aliphatic heterocycles. The van der Waals surface area contributed by atoms with Crippen molar-refractivity contribution in [3.63, 3.8) is 0 Å². The summed E-state index contributed by atoms with van der Waals surface area (Å²) in [5, 5.41) is 5.03. The molecule has 1 N–H and O–H groups in total. The van der Waals surface area contributed by atoms with Crippen LogP contribution in [-0.2, 0) is 11.2 Å². The van der Waals surface area contributed by atoms with E-state index in [9.17, 15) is 14.0 Å². The molecule has 7 heteroatoms. The van der Waals surface area contributed by atoms with Gasteiger partial charge < -0.3 is 9.73 Å². The molecule has 0 saturated heterocycles. The summed E-state index contributed by atoms with van der Waals surface area (Å²) < 4.78 is 18.5. The number of carbonyl (C=O) groups excluding carboxylic acids is 2. The summed E-state index contributed by atoms with van der Waals surface area (Å²) in [6.07, 6.45) is 0.617. The zero-order valence-corrected chi connectivity index (χ0v) is 15.2. The maximum Gasteiger partial charge on any atom is 0.226 e. The van der Waals surface area contributed by atoms with Crippen molar-refractivity contribution in [2.75, 3.05) is 5.32 Å². The molecule has 3 rings (SSSR count). The van der Waals surface area contributed by atoms with Gasteiger partial charge in [0.15, 0.2) is 10.9 Å². The van der Waals surface area contributed by atoms with E-state index in [1.165, 1.54) is 30.4 Å². The van der Waals surface area contributed by atoms with Crippen molar-refractivity contribution in [1.82, 2.24) is 4.98 Å². The summed E-state index contributed by atoms with van der Waals surface area (Å²) in [7, 11) is 0. The van der Waals surface area contributed by atoms with Crippen molar-refractivity contribution in [1.29, 1.82) is 0 Å². The minimum Gasteiger partial charge on any atom is -0.466 e. The second kappa shape index (κ2) is 7.61. The molecule has 0 bridgehead atoms. The monoisotopic (exact) mass is 372 g/mol. The Hall–Kier alpha value is -2.80. The topological polar surface area (TPSA) is 72.2 Å². The van der Waals surface area contributed by atoms with E-state index < -0.39 is 0 Å². The number of amides is 1. The number of nitrogens with zero attached hydrogens (tertiary/aromatic N) is 1. The van der Waals surface area contributed by atoms with Gasteiger partial charge in [-0.1, -0.05) is 0 Å². The summed E-state index contributed by atoms with van der Waals surface area (Å²) in [5.74, 6) is 0.617. The highest BCUT2D eigenvalue weighted by Crippen LogP contribution is 2.25. The number of hydrogen-bond donors (Lipinski definition) is 1. The Morgan fingerprint density at radius 3 is 2.65 bits per heavy atom. The number of thiazole rings is 1. The lowest BCUT2D eigenvalue weighted by Gasteiger charge is -2.00. The van der Waals surface area contributed by atoms with E-state index >= 15 is 0 Å². The molecule has 0 aliphatic rings. The normalized spacial score (nSPS) is 10.7. The molecule has 0 unspecified atom stereocenters. The Balaban J connectivity index is 1.58. The standard InChI is InChI=1S/C19H17FN2O3S/c1-11(23)16-9-15(25-12(16)2)7-8-18(24)22-19-21-17(10-26-19)13-3-5-14(20)6-4-13/h3-6,9-10H,7-8H2,1-2H3,(H,21,22,24). The highest BCUT2D eigenvalue weighted by Gasteiger charge is 2.13. The van der Waals surface area contributed by atoms with Crippen molar-refractivity contribution in [2.24, 2.45) is 0 Å². The maximum absolute atomic E-state index is 13.0. The molecule has 2 aromatic heterocycles. The summed E-state index contributed by atoms with van der Waals surface area (Å²) in [6.45, 7) is 3.21. The average Bonchev–Trinajstić information content (AvgIpc) is 3.20. The summed E-state index contributed by atoms with van der Waals surface area (Å²) in [5.41, 5.74) is 2.01. The van der Waals surface area contributed by atoms with Crippen LogP contribution in [0.1, 0.15) is 35.2 Å². The van der Waals surface area contributed by atoms with Crippen LogP contribution in [0.3, 0.4) is 0 Å². The lowest BCUT2D eigenvalue weighted by molar-refractivity contribution is -0.116. The molecule has 1 aromatic carbocycles. The van der Waals surface area contributed by atoms with Crippen LogP contribution in [0.15, 0.2) is 40.1 Å². The number of anilines is 1. The number of rotatable bonds is 6. The highest BCUT2D eigenvalue weighted by molar-refractivity contribution is 7.14. The fourth-order valence-corrected chi connectivity index (χ4v) is 3.26. The molecule has 0 radical (unpaired) electrons. The first-order chi connectivity index (χ1) is 12.4. The number of benzene rings is 1. The van der Waals surface area contributed by atoms with Gasteiger partial charge in [0.05, 0.1) is 11.3 Å². The number of aromatic nitrogens is 1. The Morgan fingerprint density at radius 1 is 1.27 bits per heavy atom. The number of furan rings is 1. The van der Waals surface area contributed by atoms with Crippen molar-refractivity contribution in [3.05, 3.63) is 58.6 Å². The lowest BCUT2D eigenvalue weighted by Crippen LogP contribution is -2.11. The molecule has 26 heavy (non-hydrogen) atoms. The van der Waals surface area contributed by atoms with Crippen LogP contribution in [0, 0.1) is 12.7 Å². The number of ketones is 1. The third-order valence-electron chi connectivity index (χ3n) is 3.84. The third kappa shape index (κ3) is 4.23. The van der Waals surface area contributed by atoms with Gasteiger partial charge in [-0.3, -0.25) is 9.59 Å². The second-order valence-corrected chi connectivity index (χ2v) is 6.69. The predicted octanol–water partition coefficient (Wildman–Crippen LogP) is 4.62. The fraction of sp³-hybridized carbons (Fsp3) is 0.211.